The maximum atomic E-state index is 13.7. The Bertz CT molecular complexity index is 876. The predicted octanol–water partition coefficient (Wildman–Crippen LogP) is 3.62. The van der Waals surface area contributed by atoms with E-state index < -0.39 is 11.6 Å². The van der Waals surface area contributed by atoms with Crippen LogP contribution in [-0.2, 0) is 17.8 Å². The minimum Gasteiger partial charge on any atom is -0.356 e. The second-order valence-electron chi connectivity index (χ2n) is 6.62. The fourth-order valence-corrected chi connectivity index (χ4v) is 3.26. The number of rotatable bonds is 6. The molecule has 0 atom stereocenters. The number of guanidine groups is 1. The van der Waals surface area contributed by atoms with Crippen LogP contribution in [0.15, 0.2) is 47.5 Å². The molecule has 0 aromatic heterocycles. The summed E-state index contributed by atoms with van der Waals surface area (Å²) in [5.74, 6) is -0.372. The highest BCUT2D eigenvalue weighted by Gasteiger charge is 2.23. The number of benzene rings is 2. The predicted molar refractivity (Wildman–Crippen MR) is 122 cm³/mol. The fourth-order valence-electron chi connectivity index (χ4n) is 3.26. The number of para-hydroxylation sites is 1. The van der Waals surface area contributed by atoms with Crippen LogP contribution in [0.4, 0.5) is 14.5 Å². The van der Waals surface area contributed by atoms with E-state index >= 15 is 0 Å². The first-order valence-corrected chi connectivity index (χ1v) is 9.35. The van der Waals surface area contributed by atoms with E-state index in [4.69, 9.17) is 0 Å². The molecule has 0 fully saturated rings. The SMILES string of the molecule is CN=C(NCCCC(=O)N1CCc2ccccc21)NCc1cc(F)ccc1F.I. The number of carbonyl (C=O) groups excluding carboxylic acids is 1. The van der Waals surface area contributed by atoms with Crippen LogP contribution in [0.2, 0.25) is 0 Å². The first kappa shape index (κ1) is 23.1. The normalized spacial score (nSPS) is 12.9. The van der Waals surface area contributed by atoms with Gasteiger partial charge in [-0.05, 0) is 42.7 Å². The smallest absolute Gasteiger partial charge is 0.227 e. The summed E-state index contributed by atoms with van der Waals surface area (Å²) in [6.07, 6.45) is 1.97. The molecular formula is C21H25F2IN4O. The number of aliphatic imine (C=N–C) groups is 1. The van der Waals surface area contributed by atoms with Crippen LogP contribution in [0.25, 0.3) is 0 Å². The molecule has 2 aromatic rings. The number of anilines is 1. The van der Waals surface area contributed by atoms with Crippen LogP contribution in [0.5, 0.6) is 0 Å². The van der Waals surface area contributed by atoms with Crippen molar-refractivity contribution < 1.29 is 13.6 Å². The van der Waals surface area contributed by atoms with Crippen LogP contribution in [0.1, 0.15) is 24.0 Å². The Balaban J connectivity index is 0.00000300. The number of carbonyl (C=O) groups is 1. The summed E-state index contributed by atoms with van der Waals surface area (Å²) in [7, 11) is 1.60. The van der Waals surface area contributed by atoms with Crippen LogP contribution < -0.4 is 15.5 Å². The number of nitrogens with one attached hydrogen (secondary N) is 2. The number of amides is 1. The van der Waals surface area contributed by atoms with Crippen LogP contribution >= 0.6 is 24.0 Å². The van der Waals surface area contributed by atoms with E-state index in [1.54, 1.807) is 7.05 Å². The van der Waals surface area contributed by atoms with Gasteiger partial charge in [-0.15, -0.1) is 24.0 Å². The molecule has 1 aliphatic heterocycles. The van der Waals surface area contributed by atoms with E-state index in [2.05, 4.69) is 21.7 Å². The standard InChI is InChI=1S/C21H24F2N4O.HI/c1-24-21(26-14-16-13-17(22)8-9-18(16)23)25-11-4-7-20(28)27-12-10-15-5-2-3-6-19(15)27;/h2-3,5-6,8-9,13H,4,7,10-12,14H2,1H3,(H2,24,25,26);1H. The third-order valence-electron chi connectivity index (χ3n) is 4.73. The highest BCUT2D eigenvalue weighted by atomic mass is 127. The van der Waals surface area contributed by atoms with Crippen molar-refractivity contribution in [3.63, 3.8) is 0 Å². The number of hydrogen-bond donors (Lipinski definition) is 2. The van der Waals surface area contributed by atoms with Gasteiger partial charge in [0.25, 0.3) is 0 Å². The van der Waals surface area contributed by atoms with Crippen LogP contribution in [0.3, 0.4) is 0 Å². The fraction of sp³-hybridized carbons (Fsp3) is 0.333. The van der Waals surface area contributed by atoms with E-state index in [1.165, 1.54) is 5.56 Å². The minimum absolute atomic E-state index is 0. The zero-order chi connectivity index (χ0) is 19.9. The highest BCUT2D eigenvalue weighted by Crippen LogP contribution is 2.27. The molecule has 0 spiro atoms. The largest absolute Gasteiger partial charge is 0.356 e. The second kappa shape index (κ2) is 11.1. The highest BCUT2D eigenvalue weighted by molar-refractivity contribution is 14.0. The molecule has 0 aliphatic carbocycles. The maximum absolute atomic E-state index is 13.7. The van der Waals surface area contributed by atoms with Gasteiger partial charge in [0.2, 0.25) is 5.91 Å². The Hall–Kier alpha value is -2.23. The average molecular weight is 514 g/mol. The number of nitrogens with zero attached hydrogens (tertiary/aromatic N) is 2. The Morgan fingerprint density at radius 3 is 2.76 bits per heavy atom. The molecule has 5 nitrogen and oxygen atoms in total. The van der Waals surface area contributed by atoms with Crippen molar-refractivity contribution in [3.8, 4) is 0 Å². The molecule has 156 valence electrons. The monoisotopic (exact) mass is 514 g/mol. The quantitative estimate of drug-likeness (QED) is 0.268. The molecule has 0 unspecified atom stereocenters. The van der Waals surface area contributed by atoms with E-state index in [1.807, 2.05) is 23.1 Å². The van der Waals surface area contributed by atoms with Gasteiger partial charge in [-0.3, -0.25) is 9.79 Å². The molecule has 1 amide bonds. The zero-order valence-corrected chi connectivity index (χ0v) is 18.6. The van der Waals surface area contributed by atoms with Crippen molar-refractivity contribution in [2.45, 2.75) is 25.8 Å². The van der Waals surface area contributed by atoms with Gasteiger partial charge in [-0.2, -0.15) is 0 Å². The Morgan fingerprint density at radius 1 is 1.17 bits per heavy atom. The van der Waals surface area contributed by atoms with Crippen LogP contribution in [0, 0.1) is 11.6 Å². The van der Waals surface area contributed by atoms with E-state index in [9.17, 15) is 13.6 Å². The second-order valence-corrected chi connectivity index (χ2v) is 6.62. The van der Waals surface area contributed by atoms with Crippen molar-refractivity contribution in [1.29, 1.82) is 0 Å². The summed E-state index contributed by atoms with van der Waals surface area (Å²) in [5, 5.41) is 6.04. The summed E-state index contributed by atoms with van der Waals surface area (Å²) in [6.45, 7) is 1.40. The van der Waals surface area contributed by atoms with E-state index in [0.717, 1.165) is 36.9 Å². The van der Waals surface area contributed by atoms with Crippen molar-refractivity contribution in [2.75, 3.05) is 25.0 Å². The van der Waals surface area contributed by atoms with Gasteiger partial charge in [0.05, 0.1) is 0 Å². The molecular weight excluding hydrogens is 489 g/mol. The summed E-state index contributed by atoms with van der Waals surface area (Å²) >= 11 is 0. The first-order chi connectivity index (χ1) is 13.6. The van der Waals surface area contributed by atoms with Gasteiger partial charge in [0, 0.05) is 44.4 Å². The molecule has 3 rings (SSSR count). The average Bonchev–Trinajstić information content (AvgIpc) is 3.14. The van der Waals surface area contributed by atoms with E-state index in [0.29, 0.717) is 25.3 Å². The van der Waals surface area contributed by atoms with Crippen molar-refractivity contribution in [3.05, 3.63) is 65.2 Å². The zero-order valence-electron chi connectivity index (χ0n) is 16.3. The molecule has 1 aliphatic rings. The molecule has 0 saturated heterocycles. The first-order valence-electron chi connectivity index (χ1n) is 9.35. The van der Waals surface area contributed by atoms with Crippen LogP contribution in [-0.4, -0.2) is 32.0 Å². The maximum Gasteiger partial charge on any atom is 0.227 e. The summed E-state index contributed by atoms with van der Waals surface area (Å²) in [5.41, 5.74) is 2.45. The molecule has 2 aromatic carbocycles. The number of fused-ring (bicyclic) bond motifs is 1. The lowest BCUT2D eigenvalue weighted by Crippen LogP contribution is -2.38. The molecule has 29 heavy (non-hydrogen) atoms. The molecule has 1 heterocycles. The van der Waals surface area contributed by atoms with Crippen molar-refractivity contribution >= 4 is 41.5 Å². The molecule has 0 bridgehead atoms. The Labute approximate surface area is 186 Å². The lowest BCUT2D eigenvalue weighted by Gasteiger charge is -2.17. The van der Waals surface area contributed by atoms with Crippen molar-refractivity contribution in [2.24, 2.45) is 4.99 Å². The van der Waals surface area contributed by atoms with Gasteiger partial charge >= 0.3 is 0 Å². The number of halogens is 3. The van der Waals surface area contributed by atoms with Gasteiger partial charge in [-0.1, -0.05) is 18.2 Å². The van der Waals surface area contributed by atoms with Gasteiger partial charge in [0.15, 0.2) is 5.96 Å². The summed E-state index contributed by atoms with van der Waals surface area (Å²) in [4.78, 5) is 18.4. The van der Waals surface area contributed by atoms with Gasteiger partial charge < -0.3 is 15.5 Å². The summed E-state index contributed by atoms with van der Waals surface area (Å²) in [6, 6.07) is 11.3. The molecule has 0 saturated carbocycles. The van der Waals surface area contributed by atoms with Gasteiger partial charge in [-0.25, -0.2) is 8.78 Å². The minimum atomic E-state index is -0.483. The third-order valence-corrected chi connectivity index (χ3v) is 4.73. The lowest BCUT2D eigenvalue weighted by molar-refractivity contribution is -0.118. The molecule has 2 N–H and O–H groups in total. The number of hydrogen-bond acceptors (Lipinski definition) is 2. The Kier molecular flexibility index (Phi) is 8.81. The topological polar surface area (TPSA) is 56.7 Å². The van der Waals surface area contributed by atoms with Crippen molar-refractivity contribution in [1.82, 2.24) is 10.6 Å². The van der Waals surface area contributed by atoms with Gasteiger partial charge in [0.1, 0.15) is 11.6 Å². The molecule has 0 radical (unpaired) electrons. The van der Waals surface area contributed by atoms with E-state index in [-0.39, 0.29) is 42.0 Å². The summed E-state index contributed by atoms with van der Waals surface area (Å²) < 4.78 is 26.9. The Morgan fingerprint density at radius 2 is 1.97 bits per heavy atom. The molecule has 8 heteroatoms. The third kappa shape index (κ3) is 6.12. The lowest BCUT2D eigenvalue weighted by atomic mass is 10.2.